The van der Waals surface area contributed by atoms with Crippen LogP contribution in [0.15, 0.2) is 34.9 Å². The largest absolute Gasteiger partial charge is 0.369 e. The van der Waals surface area contributed by atoms with Crippen molar-refractivity contribution in [2.75, 3.05) is 0 Å². The number of nitrogens with zero attached hydrogens (tertiary/aromatic N) is 2. The molecule has 1 atom stereocenters. The first-order valence-electron chi connectivity index (χ1n) is 5.34. The highest BCUT2D eigenvalue weighted by Gasteiger charge is 2.15. The first kappa shape index (κ1) is 11.3. The Hall–Kier alpha value is -2.17. The van der Waals surface area contributed by atoms with Crippen molar-refractivity contribution in [1.82, 2.24) is 10.1 Å². The Labute approximate surface area is 98.6 Å². The highest BCUT2D eigenvalue weighted by atomic mass is 16.5. The zero-order valence-corrected chi connectivity index (χ0v) is 9.46. The van der Waals surface area contributed by atoms with Crippen LogP contribution in [-0.4, -0.2) is 16.0 Å². The Kier molecular flexibility index (Phi) is 3.18. The summed E-state index contributed by atoms with van der Waals surface area (Å²) in [6, 6.07) is 9.51. The van der Waals surface area contributed by atoms with Gasteiger partial charge in [-0.15, -0.1) is 0 Å². The SMILES string of the molecule is CC(Cc1nc(-c2ccccc2)no1)C(N)=O. The first-order valence-corrected chi connectivity index (χ1v) is 5.34. The van der Waals surface area contributed by atoms with E-state index >= 15 is 0 Å². The molecule has 0 bridgehead atoms. The lowest BCUT2D eigenvalue weighted by molar-refractivity contribution is -0.121. The molecule has 0 radical (unpaired) electrons. The number of amides is 1. The normalized spacial score (nSPS) is 12.3. The second-order valence-corrected chi connectivity index (χ2v) is 3.89. The van der Waals surface area contributed by atoms with E-state index < -0.39 is 0 Å². The molecule has 0 spiro atoms. The van der Waals surface area contributed by atoms with Crippen LogP contribution in [-0.2, 0) is 11.2 Å². The van der Waals surface area contributed by atoms with Gasteiger partial charge >= 0.3 is 0 Å². The predicted molar refractivity (Wildman–Crippen MR) is 61.8 cm³/mol. The number of carbonyl (C=O) groups is 1. The molecule has 5 heteroatoms. The zero-order valence-electron chi connectivity index (χ0n) is 9.46. The van der Waals surface area contributed by atoms with Gasteiger partial charge in [-0.1, -0.05) is 42.4 Å². The number of aromatic nitrogens is 2. The number of hydrogen-bond acceptors (Lipinski definition) is 4. The molecule has 2 aromatic rings. The minimum atomic E-state index is -0.371. The molecular formula is C12H13N3O2. The van der Waals surface area contributed by atoms with Crippen molar-refractivity contribution >= 4 is 5.91 Å². The number of carbonyl (C=O) groups excluding carboxylic acids is 1. The highest BCUT2D eigenvalue weighted by molar-refractivity contribution is 5.76. The van der Waals surface area contributed by atoms with Crippen LogP contribution in [0.2, 0.25) is 0 Å². The number of primary amides is 1. The first-order chi connectivity index (χ1) is 8.16. The second kappa shape index (κ2) is 4.78. The Morgan fingerprint density at radius 2 is 2.12 bits per heavy atom. The molecule has 5 nitrogen and oxygen atoms in total. The molecule has 1 aromatic heterocycles. The van der Waals surface area contributed by atoms with Crippen LogP contribution in [0.3, 0.4) is 0 Å². The topological polar surface area (TPSA) is 82.0 Å². The maximum absolute atomic E-state index is 10.9. The molecule has 1 heterocycles. The molecule has 1 unspecified atom stereocenters. The van der Waals surface area contributed by atoms with Crippen molar-refractivity contribution in [3.63, 3.8) is 0 Å². The summed E-state index contributed by atoms with van der Waals surface area (Å²) in [4.78, 5) is 15.1. The molecule has 1 amide bonds. The summed E-state index contributed by atoms with van der Waals surface area (Å²) >= 11 is 0. The highest BCUT2D eigenvalue weighted by Crippen LogP contribution is 2.16. The number of nitrogens with two attached hydrogens (primary N) is 1. The molecule has 2 N–H and O–H groups in total. The van der Waals surface area contributed by atoms with Gasteiger partial charge in [0.25, 0.3) is 0 Å². The van der Waals surface area contributed by atoms with Gasteiger partial charge in [-0.2, -0.15) is 4.98 Å². The number of rotatable bonds is 4. The zero-order chi connectivity index (χ0) is 12.3. The van der Waals surface area contributed by atoms with Crippen molar-refractivity contribution in [3.05, 3.63) is 36.2 Å². The van der Waals surface area contributed by atoms with Gasteiger partial charge < -0.3 is 10.3 Å². The Morgan fingerprint density at radius 1 is 1.41 bits per heavy atom. The minimum absolute atomic E-state index is 0.306. The van der Waals surface area contributed by atoms with E-state index in [0.29, 0.717) is 18.1 Å². The lowest BCUT2D eigenvalue weighted by atomic mass is 10.1. The number of benzene rings is 1. The van der Waals surface area contributed by atoms with E-state index in [1.54, 1.807) is 6.92 Å². The molecule has 88 valence electrons. The van der Waals surface area contributed by atoms with Gasteiger partial charge in [0.2, 0.25) is 17.6 Å². The van der Waals surface area contributed by atoms with Crippen LogP contribution in [0.5, 0.6) is 0 Å². The summed E-state index contributed by atoms with van der Waals surface area (Å²) in [5.74, 6) is 0.274. The average Bonchev–Trinajstić information content (AvgIpc) is 2.78. The second-order valence-electron chi connectivity index (χ2n) is 3.89. The Balaban J connectivity index is 2.14. The third-order valence-corrected chi connectivity index (χ3v) is 2.47. The van der Waals surface area contributed by atoms with Crippen LogP contribution in [0.1, 0.15) is 12.8 Å². The molecular weight excluding hydrogens is 218 g/mol. The quantitative estimate of drug-likeness (QED) is 0.862. The Bertz CT molecular complexity index is 507. The lowest BCUT2D eigenvalue weighted by Gasteiger charge is -2.00. The molecule has 1 aromatic carbocycles. The van der Waals surface area contributed by atoms with Crippen LogP contribution in [0, 0.1) is 5.92 Å². The molecule has 0 fully saturated rings. The van der Waals surface area contributed by atoms with E-state index in [0.717, 1.165) is 5.56 Å². The van der Waals surface area contributed by atoms with Gasteiger partial charge in [0.15, 0.2) is 0 Å². The third kappa shape index (κ3) is 2.69. The van der Waals surface area contributed by atoms with Gasteiger partial charge in [-0.05, 0) is 0 Å². The lowest BCUT2D eigenvalue weighted by Crippen LogP contribution is -2.22. The van der Waals surface area contributed by atoms with E-state index in [1.165, 1.54) is 0 Å². The summed E-state index contributed by atoms with van der Waals surface area (Å²) in [6.07, 6.45) is 0.370. The molecule has 0 aliphatic heterocycles. The smallest absolute Gasteiger partial charge is 0.227 e. The molecule has 17 heavy (non-hydrogen) atoms. The van der Waals surface area contributed by atoms with Crippen LogP contribution >= 0.6 is 0 Å². The van der Waals surface area contributed by atoms with Crippen molar-refractivity contribution in [1.29, 1.82) is 0 Å². The van der Waals surface area contributed by atoms with Gasteiger partial charge in [-0.3, -0.25) is 4.79 Å². The van der Waals surface area contributed by atoms with E-state index in [4.69, 9.17) is 10.3 Å². The molecule has 0 saturated carbocycles. The van der Waals surface area contributed by atoms with Gasteiger partial charge in [0.05, 0.1) is 0 Å². The maximum Gasteiger partial charge on any atom is 0.227 e. The summed E-state index contributed by atoms with van der Waals surface area (Å²) in [6.45, 7) is 1.73. The predicted octanol–water partition coefficient (Wildman–Crippen LogP) is 1.40. The summed E-state index contributed by atoms with van der Waals surface area (Å²) in [7, 11) is 0. The van der Waals surface area contributed by atoms with Crippen molar-refractivity contribution in [2.45, 2.75) is 13.3 Å². The fraction of sp³-hybridized carbons (Fsp3) is 0.250. The van der Waals surface area contributed by atoms with Gasteiger partial charge in [0, 0.05) is 17.9 Å². The summed E-state index contributed by atoms with van der Waals surface area (Å²) in [5.41, 5.74) is 6.06. The molecule has 0 saturated heterocycles. The van der Waals surface area contributed by atoms with Crippen molar-refractivity contribution in [2.24, 2.45) is 11.7 Å². The van der Waals surface area contributed by atoms with Crippen molar-refractivity contribution < 1.29 is 9.32 Å². The van der Waals surface area contributed by atoms with Gasteiger partial charge in [0.1, 0.15) is 0 Å². The molecule has 2 rings (SSSR count). The summed E-state index contributed by atoms with van der Waals surface area (Å²) < 4.78 is 5.07. The van der Waals surface area contributed by atoms with E-state index in [9.17, 15) is 4.79 Å². The number of hydrogen-bond donors (Lipinski definition) is 1. The fourth-order valence-electron chi connectivity index (χ4n) is 1.40. The van der Waals surface area contributed by atoms with Crippen LogP contribution in [0.4, 0.5) is 0 Å². The van der Waals surface area contributed by atoms with Crippen molar-refractivity contribution in [3.8, 4) is 11.4 Å². The maximum atomic E-state index is 10.9. The average molecular weight is 231 g/mol. The van der Waals surface area contributed by atoms with Crippen LogP contribution < -0.4 is 5.73 Å². The van der Waals surface area contributed by atoms with E-state index in [2.05, 4.69) is 10.1 Å². The van der Waals surface area contributed by atoms with Gasteiger partial charge in [-0.25, -0.2) is 0 Å². The Morgan fingerprint density at radius 3 is 2.76 bits per heavy atom. The summed E-state index contributed by atoms with van der Waals surface area (Å²) in [5, 5.41) is 3.86. The molecule has 0 aliphatic rings. The third-order valence-electron chi connectivity index (χ3n) is 2.47. The van der Waals surface area contributed by atoms with E-state index in [1.807, 2.05) is 30.3 Å². The van der Waals surface area contributed by atoms with E-state index in [-0.39, 0.29) is 11.8 Å². The standard InChI is InChI=1S/C12H13N3O2/c1-8(11(13)16)7-10-14-12(15-17-10)9-5-3-2-4-6-9/h2-6,8H,7H2,1H3,(H2,13,16). The fourth-order valence-corrected chi connectivity index (χ4v) is 1.40. The monoisotopic (exact) mass is 231 g/mol. The minimum Gasteiger partial charge on any atom is -0.369 e. The molecule has 0 aliphatic carbocycles. The van der Waals surface area contributed by atoms with Crippen LogP contribution in [0.25, 0.3) is 11.4 Å².